The van der Waals surface area contributed by atoms with Gasteiger partial charge in [-0.1, -0.05) is 284 Å². The van der Waals surface area contributed by atoms with Crippen LogP contribution in [0.3, 0.4) is 0 Å². The number of aromatic nitrogens is 3. The quantitative estimate of drug-likeness (QED) is 0.0175. The first-order valence-corrected chi connectivity index (χ1v) is 49.6. The molecule has 2 aliphatic heterocycles. The molecule has 19 nitrogen and oxygen atoms in total. The number of nitrogen functional groups attached to an aromatic ring is 1. The summed E-state index contributed by atoms with van der Waals surface area (Å²) in [5.41, 5.74) is 22.3. The van der Waals surface area contributed by atoms with Crippen molar-refractivity contribution in [3.05, 3.63) is 320 Å². The van der Waals surface area contributed by atoms with Crippen LogP contribution in [0, 0.1) is 66.1 Å². The zero-order chi connectivity index (χ0) is 105. The van der Waals surface area contributed by atoms with E-state index in [2.05, 4.69) is 310 Å². The van der Waals surface area contributed by atoms with E-state index in [1.165, 1.54) is 40.1 Å². The molecule has 0 spiro atoms. The number of nitrogens with two attached hydrogens (primary N) is 1. The van der Waals surface area contributed by atoms with E-state index in [1.54, 1.807) is 42.7 Å². The number of carboxylic acid groups (broad SMARTS) is 1. The van der Waals surface area contributed by atoms with Gasteiger partial charge in [-0.25, -0.2) is 14.8 Å². The Balaban J connectivity index is 0.000000844. The minimum absolute atomic E-state index is 0. The number of carbonyl (C=O) groups is 7. The Morgan fingerprint density at radius 2 is 0.789 bits per heavy atom. The number of piperidine rings is 2. The summed E-state index contributed by atoms with van der Waals surface area (Å²) >= 11 is 11.6. The Labute approximate surface area is 905 Å². The third kappa shape index (κ3) is 48.0. The maximum absolute atomic E-state index is 13.6. The number of aryl methyl sites for hydroxylation is 2. The van der Waals surface area contributed by atoms with Gasteiger partial charge in [0.2, 0.25) is 11.8 Å². The van der Waals surface area contributed by atoms with Gasteiger partial charge < -0.3 is 73.5 Å². The second-order valence-corrected chi connectivity index (χ2v) is 47.3. The molecule has 4 atom stereocenters. The van der Waals surface area contributed by atoms with E-state index in [0.29, 0.717) is 32.4 Å². The van der Waals surface area contributed by atoms with E-state index in [1.807, 2.05) is 146 Å². The summed E-state index contributed by atoms with van der Waals surface area (Å²) in [6.45, 7) is 72.6. The standard InChI is InChI=1S/C29H40N2O2.C21H34N2O.C21H28N2O.C16H17BrN2O.C10H15N.C8H7ClO.C6H4BrNO2.C5H11.CN.ClH.Cu.Mg/c1-20-12-8-9-15-23(20)27(33)31-17-11-16-24(25(31)19-28(2,3)4)26(32)30-22-14-10-13-21(18-22)29(5,6)7;2*1-20(2,3)14-18-17(11-8-12-22-18)19(24)23-16-10-7-9-15(13-16)21(4,5)6;1-16(2,3)11-6-4-7-12(10-11)19-15(20)13-8-5-9-18-14(13)17;1-10(2,3)8-5-4-6-9(11)7-8;1-6-4-2-3-5-7(6)8(9)10;7-5-4(6(9)10)2-1-3-8-5;1-5(2,3)4;1-2;;;/h8-10,12-15,18,24-25H,11,16-17,19H2,1-7H3,(H,30,32);7,9-10,13,17-18,22H,8,11-12,14H2,1-6H3,(H,23,24);7-13H,14H2,1-6H3,(H,23,24);4-10H,1-3H3,(H,19,20);4-7H,11H2,1-3H3;2-5H,1H3;1-3H,(H,9,10);1H2,2-4H3;;1H;;/q;;;;;;;2*-1;;+1;+2/p-1/t24-,25-;17-,18-;;;;;;;;;;/m00........../s1. The molecule has 10 aromatic rings. The number of rotatable bonds is 14. The molecular formula is C117H156Br2Cl2CuMgN11O8. The Bertz CT molecular complexity index is 5630. The van der Waals surface area contributed by atoms with Crippen molar-refractivity contribution in [1.82, 2.24) is 25.2 Å². The molecule has 142 heavy (non-hydrogen) atoms. The zero-order valence-corrected chi connectivity index (χ0v) is 96.4. The van der Waals surface area contributed by atoms with Crippen molar-refractivity contribution in [3.8, 4) is 0 Å². The molecule has 2 aliphatic rings. The number of nitrogens with one attached hydrogen (secondary N) is 5. The first-order valence-electron chi connectivity index (χ1n) is 47.6. The van der Waals surface area contributed by atoms with Crippen LogP contribution >= 0.6 is 43.5 Å². The molecule has 5 amide bonds. The molecule has 0 aliphatic carbocycles. The Hall–Kier alpha value is -9.44. The summed E-state index contributed by atoms with van der Waals surface area (Å²) in [6.07, 6.45) is 11.1. The molecule has 8 N–H and O–H groups in total. The van der Waals surface area contributed by atoms with Gasteiger partial charge >= 0.3 is 46.1 Å². The molecule has 0 bridgehead atoms. The van der Waals surface area contributed by atoms with Crippen LogP contribution in [0.2, 0.25) is 0 Å². The van der Waals surface area contributed by atoms with Gasteiger partial charge in [-0.2, -0.15) is 5.41 Å². The van der Waals surface area contributed by atoms with Gasteiger partial charge in [0, 0.05) is 76.8 Å². The summed E-state index contributed by atoms with van der Waals surface area (Å²) in [5.74, 6) is -1.22. The summed E-state index contributed by atoms with van der Waals surface area (Å²) in [5, 5.41) is 30.2. The molecule has 5 heterocycles. The molecule has 2 saturated heterocycles. The van der Waals surface area contributed by atoms with Gasteiger partial charge in [0.15, 0.2) is 0 Å². The van der Waals surface area contributed by atoms with Crippen LogP contribution in [0.4, 0.5) is 28.4 Å². The minimum atomic E-state index is -0.972. The number of carbonyl (C=O) groups excluding carboxylic acids is 6. The van der Waals surface area contributed by atoms with Gasteiger partial charge in [0.05, 0.1) is 34.2 Å². The Morgan fingerprint density at radius 3 is 1.13 bits per heavy atom. The van der Waals surface area contributed by atoms with Crippen LogP contribution in [0.25, 0.3) is 0 Å². The Morgan fingerprint density at radius 1 is 0.451 bits per heavy atom. The van der Waals surface area contributed by atoms with Crippen molar-refractivity contribution >= 4 is 136 Å². The Kier molecular flexibility index (Phi) is 54.5. The van der Waals surface area contributed by atoms with E-state index < -0.39 is 11.2 Å². The van der Waals surface area contributed by atoms with E-state index >= 15 is 0 Å². The molecule has 25 heteroatoms. The van der Waals surface area contributed by atoms with Gasteiger partial charge in [0.25, 0.3) is 23.0 Å². The second-order valence-electron chi connectivity index (χ2n) is 45.4. The molecular weight excluding hydrogens is 2010 g/mol. The number of carboxylic acids is 1. The maximum atomic E-state index is 13.6. The normalized spacial score (nSPS) is 14.5. The minimum Gasteiger partial charge on any atom is -1.00 e. The summed E-state index contributed by atoms with van der Waals surface area (Å²) in [6, 6.07) is 65.7. The van der Waals surface area contributed by atoms with Crippen molar-refractivity contribution in [2.24, 2.45) is 33.5 Å². The number of amides is 5. The maximum Gasteiger partial charge on any atom is 2.00 e. The van der Waals surface area contributed by atoms with Crippen LogP contribution in [0.1, 0.15) is 322 Å². The van der Waals surface area contributed by atoms with Gasteiger partial charge in [-0.15, -0.1) is 0 Å². The van der Waals surface area contributed by atoms with Crippen molar-refractivity contribution < 1.29 is 68.1 Å². The third-order valence-corrected chi connectivity index (χ3v) is 23.7. The number of likely N-dealkylation sites (tertiary alicyclic amines) is 1. The van der Waals surface area contributed by atoms with Crippen LogP contribution in [0.5, 0.6) is 0 Å². The number of nitrogens with zero attached hydrogens (tertiary/aromatic N) is 5. The fraction of sp³-hybridized carbons (Fsp3) is 0.436. The predicted octanol–water partition coefficient (Wildman–Crippen LogP) is 26.0. The third-order valence-electron chi connectivity index (χ3n) is 22.2. The average Bonchev–Trinajstić information content (AvgIpc) is 0.784. The van der Waals surface area contributed by atoms with Crippen LogP contribution < -0.4 is 44.7 Å². The zero-order valence-electron chi connectivity index (χ0n) is 89.4. The molecule has 12 rings (SSSR count). The van der Waals surface area contributed by atoms with Crippen molar-refractivity contribution in [2.45, 2.75) is 285 Å². The van der Waals surface area contributed by atoms with Crippen molar-refractivity contribution in [2.75, 3.05) is 40.1 Å². The van der Waals surface area contributed by atoms with E-state index in [9.17, 15) is 33.6 Å². The van der Waals surface area contributed by atoms with Crippen LogP contribution in [-0.2, 0) is 60.2 Å². The predicted molar refractivity (Wildman–Crippen MR) is 590 cm³/mol. The fourth-order valence-electron chi connectivity index (χ4n) is 14.9. The average molecular weight is 2160 g/mol. The van der Waals surface area contributed by atoms with E-state index in [-0.39, 0.29) is 160 Å². The molecule has 0 saturated carbocycles. The first-order chi connectivity index (χ1) is 64.3. The van der Waals surface area contributed by atoms with Gasteiger partial charge in [-0.05, 0) is 300 Å². The number of hydrogen-bond acceptors (Lipinski definition) is 13. The van der Waals surface area contributed by atoms with Gasteiger partial charge in [0.1, 0.15) is 9.21 Å². The number of aromatic carboxylic acids is 1. The SMILES string of the molecule is CC(C)(C)C[C@@H]1NCCC[C@@H]1C(=O)Nc1cccc(C(C)(C)C)c1.CC(C)(C)Cc1ncccc1C(=O)Nc1cccc(C(C)(C)C)c1.CC(C)(C)c1cccc(N)c1.CC(C)(C)c1cccc(NC(=O)c2cccnc2Br)c1.Cc1ccccc1C(=O)Cl.Cc1ccccc1C(=O)N1CCC[C@H](C(=O)Nc2cccc(C(C)(C)C)c2)[C@@H]1CC(C)(C)C.O=C(O)c1cccnc1Br.[C-]#N.[CH2-]C(C)(C)C.[Cl-].[Cu+].[Mg+2]. The molecule has 0 radical (unpaired) electrons. The molecule has 7 aromatic carbocycles. The van der Waals surface area contributed by atoms with Crippen LogP contribution in [-0.4, -0.2) is 114 Å². The number of benzene rings is 7. The summed E-state index contributed by atoms with van der Waals surface area (Å²) in [7, 11) is 0. The summed E-state index contributed by atoms with van der Waals surface area (Å²) in [4.78, 5) is 100. The largest absolute Gasteiger partial charge is 2.00 e. The smallest absolute Gasteiger partial charge is 1.00 e. The number of hydrogen-bond donors (Lipinski definition) is 7. The number of halogens is 4. The number of pyridine rings is 3. The second kappa shape index (κ2) is 59.2. The number of anilines is 5. The van der Waals surface area contributed by atoms with Gasteiger partial charge in [-0.3, -0.25) is 33.8 Å². The monoisotopic (exact) mass is 2160 g/mol. The first kappa shape index (κ1) is 131. The van der Waals surface area contributed by atoms with E-state index in [0.717, 1.165) is 102 Å². The topological polar surface area (TPSA) is 292 Å². The molecule has 768 valence electrons. The van der Waals surface area contributed by atoms with Crippen LogP contribution in [0.15, 0.2) is 234 Å². The van der Waals surface area contributed by atoms with E-state index in [4.69, 9.17) is 34.3 Å². The molecule has 2 fully saturated rings. The summed E-state index contributed by atoms with van der Waals surface area (Å²) < 4.78 is 0.909. The molecule has 3 aromatic heterocycles. The van der Waals surface area contributed by atoms with Crippen molar-refractivity contribution in [3.63, 3.8) is 0 Å². The molecule has 0 unspecified atom stereocenters. The fourth-order valence-corrected chi connectivity index (χ4v) is 16.0. The van der Waals surface area contributed by atoms with Crippen molar-refractivity contribution in [1.29, 1.82) is 5.26 Å².